The lowest BCUT2D eigenvalue weighted by Crippen LogP contribution is -2.35. The van der Waals surface area contributed by atoms with E-state index in [2.05, 4.69) is 22.8 Å². The van der Waals surface area contributed by atoms with Crippen molar-refractivity contribution >= 4 is 0 Å². The lowest BCUT2D eigenvalue weighted by Gasteiger charge is -2.26. The lowest BCUT2D eigenvalue weighted by atomic mass is 10.1. The molecule has 0 saturated carbocycles. The summed E-state index contributed by atoms with van der Waals surface area (Å²) in [5, 5.41) is 14.7. The van der Waals surface area contributed by atoms with Crippen LogP contribution in [0.4, 0.5) is 0 Å². The summed E-state index contributed by atoms with van der Waals surface area (Å²) in [6.07, 6.45) is 8.36. The number of aliphatic hydroxyl groups excluding tert-OH is 1. The zero-order chi connectivity index (χ0) is 17.6. The lowest BCUT2D eigenvalue weighted by molar-refractivity contribution is 0.0636. The zero-order valence-electron chi connectivity index (χ0n) is 14.8. The van der Waals surface area contributed by atoms with Gasteiger partial charge < -0.3 is 9.84 Å². The molecule has 1 aliphatic rings. The first-order chi connectivity index (χ1) is 12.2. The molecule has 0 radical (unpaired) electrons. The van der Waals surface area contributed by atoms with Gasteiger partial charge in [0.1, 0.15) is 18.5 Å². The molecule has 5 heteroatoms. The summed E-state index contributed by atoms with van der Waals surface area (Å²) in [6, 6.07) is 8.26. The number of likely N-dealkylation sites (tertiary alicyclic amines) is 1. The molecule has 1 aromatic heterocycles. The SMILES string of the molecule is C=CCc1ccccc1OC[C@H](O)CN1CCC[C@@H]1c1cnn(C)c1. The topological polar surface area (TPSA) is 50.5 Å². The van der Waals surface area contributed by atoms with Gasteiger partial charge in [-0.2, -0.15) is 5.10 Å². The fraction of sp³-hybridized carbons (Fsp3) is 0.450. The van der Waals surface area contributed by atoms with Crippen LogP contribution in [-0.2, 0) is 13.5 Å². The Morgan fingerprint density at radius 1 is 1.44 bits per heavy atom. The second-order valence-corrected chi connectivity index (χ2v) is 6.67. The summed E-state index contributed by atoms with van der Waals surface area (Å²) < 4.78 is 7.70. The summed E-state index contributed by atoms with van der Waals surface area (Å²) in [6.45, 7) is 5.70. The molecule has 1 aromatic carbocycles. The fourth-order valence-corrected chi connectivity index (χ4v) is 3.51. The minimum absolute atomic E-state index is 0.296. The van der Waals surface area contributed by atoms with Crippen LogP contribution in [0.15, 0.2) is 49.3 Å². The Morgan fingerprint density at radius 2 is 2.28 bits per heavy atom. The highest BCUT2D eigenvalue weighted by molar-refractivity contribution is 5.34. The van der Waals surface area contributed by atoms with Crippen molar-refractivity contribution in [3.8, 4) is 5.75 Å². The van der Waals surface area contributed by atoms with Crippen molar-refractivity contribution < 1.29 is 9.84 Å². The molecule has 0 unspecified atom stereocenters. The molecular weight excluding hydrogens is 314 g/mol. The number of ether oxygens (including phenoxy) is 1. The van der Waals surface area contributed by atoms with Crippen LogP contribution in [0.2, 0.25) is 0 Å². The van der Waals surface area contributed by atoms with Crippen molar-refractivity contribution in [2.45, 2.75) is 31.4 Å². The standard InChI is InChI=1S/C20H27N3O2/c1-3-7-16-8-4-5-10-20(16)25-15-18(24)14-23-11-6-9-19(23)17-12-21-22(2)13-17/h3-5,8,10,12-13,18-19,24H,1,6-7,9,11,14-15H2,2H3/t18-,19-/m1/s1. The number of benzene rings is 1. The van der Waals surface area contributed by atoms with Gasteiger partial charge in [0.05, 0.1) is 6.20 Å². The molecule has 25 heavy (non-hydrogen) atoms. The van der Waals surface area contributed by atoms with Gasteiger partial charge in [-0.15, -0.1) is 6.58 Å². The molecule has 1 aliphatic heterocycles. The van der Waals surface area contributed by atoms with Crippen LogP contribution >= 0.6 is 0 Å². The van der Waals surface area contributed by atoms with Crippen LogP contribution in [0, 0.1) is 0 Å². The van der Waals surface area contributed by atoms with Crippen LogP contribution in [-0.4, -0.2) is 45.6 Å². The molecule has 2 heterocycles. The highest BCUT2D eigenvalue weighted by atomic mass is 16.5. The van der Waals surface area contributed by atoms with Crippen LogP contribution in [0.1, 0.15) is 30.0 Å². The Kier molecular flexibility index (Phi) is 5.89. The van der Waals surface area contributed by atoms with Gasteiger partial charge in [0.15, 0.2) is 0 Å². The van der Waals surface area contributed by atoms with E-state index < -0.39 is 6.10 Å². The molecule has 1 saturated heterocycles. The average Bonchev–Trinajstić information content (AvgIpc) is 3.23. The predicted octanol–water partition coefficient (Wildman–Crippen LogP) is 2.73. The van der Waals surface area contributed by atoms with Gasteiger partial charge >= 0.3 is 0 Å². The molecule has 0 bridgehead atoms. The van der Waals surface area contributed by atoms with Gasteiger partial charge in [0, 0.05) is 31.4 Å². The van der Waals surface area contributed by atoms with Crippen molar-refractivity contribution in [2.24, 2.45) is 7.05 Å². The molecule has 1 fully saturated rings. The van der Waals surface area contributed by atoms with E-state index in [0.29, 0.717) is 19.2 Å². The number of aryl methyl sites for hydroxylation is 1. The van der Waals surface area contributed by atoms with Gasteiger partial charge in [-0.25, -0.2) is 0 Å². The van der Waals surface area contributed by atoms with E-state index in [1.165, 1.54) is 5.56 Å². The zero-order valence-corrected chi connectivity index (χ0v) is 14.8. The fourth-order valence-electron chi connectivity index (χ4n) is 3.51. The predicted molar refractivity (Wildman–Crippen MR) is 98.6 cm³/mol. The van der Waals surface area contributed by atoms with E-state index in [4.69, 9.17) is 4.74 Å². The molecule has 2 atom stereocenters. The number of aliphatic hydroxyl groups is 1. The minimum Gasteiger partial charge on any atom is -0.491 e. The Labute approximate surface area is 149 Å². The molecule has 3 rings (SSSR count). The number of aromatic nitrogens is 2. The number of hydrogen-bond acceptors (Lipinski definition) is 4. The molecule has 1 N–H and O–H groups in total. The van der Waals surface area contributed by atoms with Gasteiger partial charge in [-0.05, 0) is 37.4 Å². The Bertz CT molecular complexity index is 698. The summed E-state index contributed by atoms with van der Waals surface area (Å²) in [7, 11) is 1.94. The summed E-state index contributed by atoms with van der Waals surface area (Å²) in [5.41, 5.74) is 2.32. The van der Waals surface area contributed by atoms with Crippen molar-refractivity contribution in [1.82, 2.24) is 14.7 Å². The number of hydrogen-bond donors (Lipinski definition) is 1. The molecule has 0 amide bonds. The van der Waals surface area contributed by atoms with Crippen LogP contribution in [0.5, 0.6) is 5.75 Å². The first kappa shape index (κ1) is 17.7. The third kappa shape index (κ3) is 4.50. The molecule has 134 valence electrons. The maximum Gasteiger partial charge on any atom is 0.122 e. The molecule has 2 aromatic rings. The van der Waals surface area contributed by atoms with Gasteiger partial charge in [0.2, 0.25) is 0 Å². The average molecular weight is 341 g/mol. The summed E-state index contributed by atoms with van der Waals surface area (Å²) in [4.78, 5) is 2.33. The van der Waals surface area contributed by atoms with E-state index in [9.17, 15) is 5.11 Å². The van der Waals surface area contributed by atoms with Crippen LogP contribution in [0.25, 0.3) is 0 Å². The van der Waals surface area contributed by atoms with Crippen LogP contribution in [0.3, 0.4) is 0 Å². The number of allylic oxidation sites excluding steroid dienone is 1. The summed E-state index contributed by atoms with van der Waals surface area (Å²) in [5.74, 6) is 0.826. The number of nitrogens with zero attached hydrogens (tertiary/aromatic N) is 3. The first-order valence-electron chi connectivity index (χ1n) is 8.89. The van der Waals surface area contributed by atoms with Gasteiger partial charge in [-0.1, -0.05) is 24.3 Å². The molecule has 5 nitrogen and oxygen atoms in total. The number of β-amino-alcohol motifs (C(OH)–C–C–N with tert-alkyl or cyclic N) is 1. The first-order valence-corrected chi connectivity index (χ1v) is 8.89. The van der Waals surface area contributed by atoms with Crippen molar-refractivity contribution in [3.05, 3.63) is 60.4 Å². The largest absolute Gasteiger partial charge is 0.491 e. The van der Waals surface area contributed by atoms with Gasteiger partial charge in [0.25, 0.3) is 0 Å². The minimum atomic E-state index is -0.519. The van der Waals surface area contributed by atoms with E-state index in [0.717, 1.165) is 37.1 Å². The normalized spacial score (nSPS) is 19.0. The second-order valence-electron chi connectivity index (χ2n) is 6.67. The highest BCUT2D eigenvalue weighted by Crippen LogP contribution is 2.31. The van der Waals surface area contributed by atoms with Crippen LogP contribution < -0.4 is 4.74 Å². The highest BCUT2D eigenvalue weighted by Gasteiger charge is 2.28. The maximum absolute atomic E-state index is 10.5. The molecular formula is C20H27N3O2. The van der Waals surface area contributed by atoms with Crippen molar-refractivity contribution in [3.63, 3.8) is 0 Å². The number of rotatable bonds is 8. The third-order valence-electron chi connectivity index (χ3n) is 4.69. The Morgan fingerprint density at radius 3 is 3.04 bits per heavy atom. The molecule has 0 aliphatic carbocycles. The molecule has 0 spiro atoms. The number of para-hydroxylation sites is 1. The van der Waals surface area contributed by atoms with Crippen molar-refractivity contribution in [2.75, 3.05) is 19.7 Å². The Hall–Kier alpha value is -2.11. The van der Waals surface area contributed by atoms with E-state index >= 15 is 0 Å². The van der Waals surface area contributed by atoms with Gasteiger partial charge in [-0.3, -0.25) is 9.58 Å². The van der Waals surface area contributed by atoms with Crippen molar-refractivity contribution in [1.29, 1.82) is 0 Å². The van der Waals surface area contributed by atoms with E-state index in [-0.39, 0.29) is 0 Å². The Balaban J connectivity index is 1.55. The smallest absolute Gasteiger partial charge is 0.122 e. The van der Waals surface area contributed by atoms with E-state index in [1.807, 2.05) is 48.3 Å². The third-order valence-corrected chi connectivity index (χ3v) is 4.69. The monoisotopic (exact) mass is 341 g/mol. The summed E-state index contributed by atoms with van der Waals surface area (Å²) >= 11 is 0. The van der Waals surface area contributed by atoms with E-state index in [1.54, 1.807) is 0 Å². The quantitative estimate of drug-likeness (QED) is 0.750. The maximum atomic E-state index is 10.5. The second kappa shape index (κ2) is 8.32.